The Labute approximate surface area is 188 Å². The quantitative estimate of drug-likeness (QED) is 0.417. The maximum Gasteiger partial charge on any atom is 0.337 e. The molecule has 0 radical (unpaired) electrons. The van der Waals surface area contributed by atoms with E-state index < -0.39 is 17.1 Å². The molecule has 0 saturated carbocycles. The minimum Gasteiger partial charge on any atom is -0.320 e. The molecule has 0 fully saturated rings. The minimum atomic E-state index is -0.524. The number of fused-ring (bicyclic) bond motifs is 1. The van der Waals surface area contributed by atoms with Gasteiger partial charge in [-0.3, -0.25) is 9.36 Å². The third kappa shape index (κ3) is 3.89. The van der Waals surface area contributed by atoms with Crippen LogP contribution in [0.5, 0.6) is 0 Å². The zero-order valence-electron chi connectivity index (χ0n) is 18.0. The lowest BCUT2D eigenvalue weighted by atomic mass is 10.1. The van der Waals surface area contributed by atoms with E-state index in [1.165, 1.54) is 33.4 Å². The summed E-state index contributed by atoms with van der Waals surface area (Å²) in [7, 11) is 0. The lowest BCUT2D eigenvalue weighted by Crippen LogP contribution is -2.40. The van der Waals surface area contributed by atoms with Crippen LogP contribution in [-0.2, 0) is 13.1 Å². The summed E-state index contributed by atoms with van der Waals surface area (Å²) in [4.78, 5) is 31.4. The van der Waals surface area contributed by atoms with Gasteiger partial charge < -0.3 is 4.57 Å². The molecule has 0 saturated heterocycles. The Morgan fingerprint density at radius 3 is 2.18 bits per heavy atom. The van der Waals surface area contributed by atoms with Crippen LogP contribution in [0.2, 0.25) is 0 Å². The van der Waals surface area contributed by atoms with E-state index >= 15 is 0 Å². The second-order valence-electron chi connectivity index (χ2n) is 8.00. The largest absolute Gasteiger partial charge is 0.337 e. The van der Waals surface area contributed by atoms with E-state index in [1.54, 1.807) is 10.9 Å². The van der Waals surface area contributed by atoms with E-state index in [4.69, 9.17) is 0 Å². The van der Waals surface area contributed by atoms with Gasteiger partial charge in [0.1, 0.15) is 5.82 Å². The molecule has 7 heteroatoms. The van der Waals surface area contributed by atoms with Crippen molar-refractivity contribution in [2.24, 2.45) is 0 Å². The van der Waals surface area contributed by atoms with Gasteiger partial charge in [0, 0.05) is 6.54 Å². The zero-order chi connectivity index (χ0) is 22.9. The SMILES string of the molecule is Cc1ccc(Cn2cnc3c2c(=O)n(Cc2ccccc2)c(=O)n3-c2ccc(F)cc2)cc1. The molecule has 0 N–H and O–H groups in total. The van der Waals surface area contributed by atoms with Crippen LogP contribution in [-0.4, -0.2) is 18.7 Å². The van der Waals surface area contributed by atoms with E-state index in [1.807, 2.05) is 61.5 Å². The van der Waals surface area contributed by atoms with Gasteiger partial charge in [-0.25, -0.2) is 18.7 Å². The molecule has 2 heterocycles. The van der Waals surface area contributed by atoms with Gasteiger partial charge in [0.05, 0.1) is 18.6 Å². The molecular weight excluding hydrogens is 419 g/mol. The van der Waals surface area contributed by atoms with E-state index in [0.29, 0.717) is 17.7 Å². The van der Waals surface area contributed by atoms with Gasteiger partial charge in [-0.05, 0) is 42.3 Å². The Morgan fingerprint density at radius 2 is 1.48 bits per heavy atom. The molecule has 164 valence electrons. The molecule has 0 aliphatic carbocycles. The molecule has 0 unspecified atom stereocenters. The van der Waals surface area contributed by atoms with Crippen molar-refractivity contribution in [1.29, 1.82) is 0 Å². The van der Waals surface area contributed by atoms with Crippen LogP contribution in [0.1, 0.15) is 16.7 Å². The zero-order valence-corrected chi connectivity index (χ0v) is 18.0. The van der Waals surface area contributed by atoms with Gasteiger partial charge in [0.15, 0.2) is 11.2 Å². The summed E-state index contributed by atoms with van der Waals surface area (Å²) in [6.45, 7) is 2.56. The number of halogens is 1. The second kappa shape index (κ2) is 8.35. The summed E-state index contributed by atoms with van der Waals surface area (Å²) in [6.07, 6.45) is 1.57. The van der Waals surface area contributed by atoms with Crippen LogP contribution >= 0.6 is 0 Å². The van der Waals surface area contributed by atoms with Crippen LogP contribution in [0, 0.1) is 12.7 Å². The third-order valence-electron chi connectivity index (χ3n) is 5.64. The van der Waals surface area contributed by atoms with Gasteiger partial charge in [0.2, 0.25) is 0 Å². The van der Waals surface area contributed by atoms with E-state index in [0.717, 1.165) is 16.7 Å². The fourth-order valence-electron chi connectivity index (χ4n) is 3.92. The van der Waals surface area contributed by atoms with Gasteiger partial charge in [-0.2, -0.15) is 0 Å². The first kappa shape index (κ1) is 20.6. The van der Waals surface area contributed by atoms with Gasteiger partial charge in [-0.1, -0.05) is 60.2 Å². The number of aromatic nitrogens is 4. The van der Waals surface area contributed by atoms with E-state index in [9.17, 15) is 14.0 Å². The molecule has 0 aliphatic heterocycles. The van der Waals surface area contributed by atoms with E-state index in [2.05, 4.69) is 4.98 Å². The molecule has 5 aromatic rings. The predicted molar refractivity (Wildman–Crippen MR) is 125 cm³/mol. The molecule has 6 nitrogen and oxygen atoms in total. The topological polar surface area (TPSA) is 61.8 Å². The van der Waals surface area contributed by atoms with Gasteiger partial charge in [0.25, 0.3) is 5.56 Å². The minimum absolute atomic E-state index is 0.116. The van der Waals surface area contributed by atoms with Crippen molar-refractivity contribution in [2.45, 2.75) is 20.0 Å². The molecule has 0 aliphatic rings. The van der Waals surface area contributed by atoms with Crippen LogP contribution in [0.3, 0.4) is 0 Å². The highest BCUT2D eigenvalue weighted by Crippen LogP contribution is 2.16. The number of imidazole rings is 1. The normalized spacial score (nSPS) is 11.2. The fourth-order valence-corrected chi connectivity index (χ4v) is 3.92. The lowest BCUT2D eigenvalue weighted by Gasteiger charge is -2.13. The van der Waals surface area contributed by atoms with Gasteiger partial charge in [-0.15, -0.1) is 0 Å². The van der Waals surface area contributed by atoms with Crippen molar-refractivity contribution >= 4 is 11.2 Å². The first-order valence-electron chi connectivity index (χ1n) is 10.6. The Balaban J connectivity index is 1.75. The highest BCUT2D eigenvalue weighted by molar-refractivity contribution is 5.72. The summed E-state index contributed by atoms with van der Waals surface area (Å²) < 4.78 is 17.9. The van der Waals surface area contributed by atoms with Crippen LogP contribution in [0.25, 0.3) is 16.9 Å². The number of aryl methyl sites for hydroxylation is 1. The van der Waals surface area contributed by atoms with Crippen molar-refractivity contribution in [2.75, 3.05) is 0 Å². The summed E-state index contributed by atoms with van der Waals surface area (Å²) >= 11 is 0. The summed E-state index contributed by atoms with van der Waals surface area (Å²) in [5.41, 5.74) is 3.03. The molecule has 0 atom stereocenters. The smallest absolute Gasteiger partial charge is 0.320 e. The Kier molecular flexibility index (Phi) is 5.22. The lowest BCUT2D eigenvalue weighted by molar-refractivity contribution is 0.626. The number of nitrogens with zero attached hydrogens (tertiary/aromatic N) is 4. The van der Waals surface area contributed by atoms with Crippen LogP contribution in [0.15, 0.2) is 94.8 Å². The Bertz CT molecular complexity index is 1550. The number of hydrogen-bond acceptors (Lipinski definition) is 3. The highest BCUT2D eigenvalue weighted by Gasteiger charge is 2.19. The first-order chi connectivity index (χ1) is 16.0. The first-order valence-corrected chi connectivity index (χ1v) is 10.6. The third-order valence-corrected chi connectivity index (χ3v) is 5.64. The van der Waals surface area contributed by atoms with Crippen molar-refractivity contribution < 1.29 is 4.39 Å². The number of benzene rings is 3. The summed E-state index contributed by atoms with van der Waals surface area (Å²) in [5.74, 6) is -0.412. The van der Waals surface area contributed by atoms with Crippen molar-refractivity contribution in [1.82, 2.24) is 18.7 Å². The molecular formula is C26H21FN4O2. The van der Waals surface area contributed by atoms with Gasteiger partial charge >= 0.3 is 5.69 Å². The monoisotopic (exact) mass is 440 g/mol. The molecule has 0 bridgehead atoms. The van der Waals surface area contributed by atoms with Crippen LogP contribution in [0.4, 0.5) is 4.39 Å². The highest BCUT2D eigenvalue weighted by atomic mass is 19.1. The molecule has 3 aromatic carbocycles. The summed E-state index contributed by atoms with van der Waals surface area (Å²) in [6, 6.07) is 22.9. The molecule has 0 spiro atoms. The maximum atomic E-state index is 13.6. The van der Waals surface area contributed by atoms with E-state index in [-0.39, 0.29) is 12.2 Å². The molecule has 33 heavy (non-hydrogen) atoms. The average Bonchev–Trinajstić information content (AvgIpc) is 3.23. The van der Waals surface area contributed by atoms with Crippen molar-refractivity contribution in [3.05, 3.63) is 129 Å². The number of rotatable bonds is 5. The molecule has 0 amide bonds. The maximum absolute atomic E-state index is 13.6. The Morgan fingerprint density at radius 1 is 0.818 bits per heavy atom. The fraction of sp³-hybridized carbons (Fsp3) is 0.115. The second-order valence-corrected chi connectivity index (χ2v) is 8.00. The van der Waals surface area contributed by atoms with Crippen molar-refractivity contribution in [3.63, 3.8) is 0 Å². The standard InChI is InChI=1S/C26H21FN4O2/c1-18-7-9-20(10-8-18)15-29-17-28-24-23(29)25(32)30(16-19-5-3-2-4-6-19)26(33)31(24)22-13-11-21(27)12-14-22/h2-14,17H,15-16H2,1H3. The molecule has 2 aromatic heterocycles. The Hall–Kier alpha value is -4.26. The summed E-state index contributed by atoms with van der Waals surface area (Å²) in [5, 5.41) is 0. The van der Waals surface area contributed by atoms with Crippen molar-refractivity contribution in [3.8, 4) is 5.69 Å². The predicted octanol–water partition coefficient (Wildman–Crippen LogP) is 3.89. The number of hydrogen-bond donors (Lipinski definition) is 0. The molecule has 5 rings (SSSR count). The van der Waals surface area contributed by atoms with Crippen LogP contribution < -0.4 is 11.2 Å². The average molecular weight is 440 g/mol.